The number of rotatable bonds is 4. The number of aromatic nitrogens is 1. The molecule has 0 bridgehead atoms. The smallest absolute Gasteiger partial charge is 0.124 e. The van der Waals surface area contributed by atoms with Crippen molar-refractivity contribution in [1.29, 1.82) is 0 Å². The van der Waals surface area contributed by atoms with Gasteiger partial charge in [-0.2, -0.15) is 0 Å². The van der Waals surface area contributed by atoms with E-state index < -0.39 is 0 Å². The first-order valence-electron chi connectivity index (χ1n) is 13.5. The van der Waals surface area contributed by atoms with Crippen LogP contribution < -0.4 is 0 Å². The Bertz CT molecular complexity index is 1820. The fraction of sp³-hybridized carbons (Fsp3) is 0.286. The van der Waals surface area contributed by atoms with Gasteiger partial charge in [-0.3, -0.25) is 0 Å². The summed E-state index contributed by atoms with van der Waals surface area (Å²) in [4.78, 5) is 7.79. The van der Waals surface area contributed by atoms with E-state index in [0.717, 1.165) is 16.9 Å². The molecule has 0 radical (unpaired) electrons. The van der Waals surface area contributed by atoms with Gasteiger partial charge in [0, 0.05) is 20.5 Å². The van der Waals surface area contributed by atoms with E-state index in [1.54, 1.807) is 11.3 Å². The molecule has 3 aromatic carbocycles. The summed E-state index contributed by atoms with van der Waals surface area (Å²) in [5, 5.41) is 7.55. The van der Waals surface area contributed by atoms with Gasteiger partial charge in [0.2, 0.25) is 0 Å². The summed E-state index contributed by atoms with van der Waals surface area (Å²) in [5.74, 6) is 0.637. The van der Waals surface area contributed by atoms with E-state index in [2.05, 4.69) is 115 Å². The Morgan fingerprint density at radius 3 is 2.42 bits per heavy atom. The van der Waals surface area contributed by atoms with E-state index in [9.17, 15) is 0 Å². The molecule has 3 heteroatoms. The lowest BCUT2D eigenvalue weighted by atomic mass is 9.82. The minimum absolute atomic E-state index is 0.0384. The normalized spacial score (nSPS) is 12.4. The molecule has 0 amide bonds. The third-order valence-electron chi connectivity index (χ3n) is 7.61. The van der Waals surface area contributed by atoms with Crippen LogP contribution in [0.2, 0.25) is 0 Å². The lowest BCUT2D eigenvalue weighted by Crippen LogP contribution is -2.12. The molecule has 0 aliphatic carbocycles. The van der Waals surface area contributed by atoms with Crippen molar-refractivity contribution in [2.24, 2.45) is 5.92 Å². The number of benzene rings is 3. The maximum absolute atomic E-state index is 5.23. The third kappa shape index (κ3) is 4.36. The molecule has 192 valence electrons. The van der Waals surface area contributed by atoms with Crippen molar-refractivity contribution in [3.63, 3.8) is 0 Å². The fourth-order valence-corrected chi connectivity index (χ4v) is 7.77. The molecule has 0 spiro atoms. The van der Waals surface area contributed by atoms with Crippen LogP contribution in [-0.2, 0) is 11.8 Å². The molecule has 6 rings (SSSR count). The summed E-state index contributed by atoms with van der Waals surface area (Å²) < 4.78 is 1.39. The van der Waals surface area contributed by atoms with Gasteiger partial charge in [0.1, 0.15) is 4.83 Å². The van der Waals surface area contributed by atoms with Crippen molar-refractivity contribution in [2.75, 3.05) is 0 Å². The average molecular weight is 534 g/mol. The first kappa shape index (κ1) is 25.3. The first-order chi connectivity index (χ1) is 18.1. The molecule has 0 saturated heterocycles. The zero-order chi connectivity index (χ0) is 26.8. The summed E-state index contributed by atoms with van der Waals surface area (Å²) >= 11 is 3.68. The lowest BCUT2D eigenvalue weighted by molar-refractivity contribution is 0.596. The first-order valence-corrected chi connectivity index (χ1v) is 15.2. The summed E-state index contributed by atoms with van der Waals surface area (Å²) in [5.41, 5.74) is 9.03. The minimum atomic E-state index is 0.0384. The summed E-state index contributed by atoms with van der Waals surface area (Å²) in [7, 11) is 0. The van der Waals surface area contributed by atoms with Crippen molar-refractivity contribution < 1.29 is 0 Å². The largest absolute Gasteiger partial charge is 0.237 e. The number of pyridine rings is 1. The highest BCUT2D eigenvalue weighted by Gasteiger charge is 2.20. The molecule has 3 heterocycles. The second-order valence-corrected chi connectivity index (χ2v) is 14.2. The Morgan fingerprint density at radius 2 is 1.66 bits per heavy atom. The van der Waals surface area contributed by atoms with Gasteiger partial charge in [-0.05, 0) is 111 Å². The molecular formula is C35H35NS2. The molecule has 0 aliphatic heterocycles. The summed E-state index contributed by atoms with van der Waals surface area (Å²) in [6, 6.07) is 22.8. The Labute approximate surface area is 234 Å². The van der Waals surface area contributed by atoms with Gasteiger partial charge in [0.25, 0.3) is 0 Å². The molecule has 1 nitrogen and oxygen atoms in total. The third-order valence-corrected chi connectivity index (χ3v) is 9.73. The molecule has 0 atom stereocenters. The predicted octanol–water partition coefficient (Wildman–Crippen LogP) is 11.1. The zero-order valence-corrected chi connectivity index (χ0v) is 25.0. The van der Waals surface area contributed by atoms with Crippen molar-refractivity contribution in [3.05, 3.63) is 87.6 Å². The van der Waals surface area contributed by atoms with Gasteiger partial charge in [-0.1, -0.05) is 65.0 Å². The maximum Gasteiger partial charge on any atom is 0.124 e. The van der Waals surface area contributed by atoms with Crippen molar-refractivity contribution in [2.45, 2.75) is 60.3 Å². The Balaban J connectivity index is 1.60. The van der Waals surface area contributed by atoms with Crippen LogP contribution in [0.3, 0.4) is 0 Å². The number of fused-ring (bicyclic) bond motifs is 3. The van der Waals surface area contributed by atoms with Gasteiger partial charge in [0.05, 0.1) is 5.69 Å². The van der Waals surface area contributed by atoms with Gasteiger partial charge in [0.15, 0.2) is 0 Å². The molecule has 0 unspecified atom stereocenters. The van der Waals surface area contributed by atoms with E-state index in [1.807, 2.05) is 11.3 Å². The molecule has 0 aliphatic rings. The van der Waals surface area contributed by atoms with Crippen molar-refractivity contribution in [1.82, 2.24) is 4.98 Å². The van der Waals surface area contributed by atoms with Gasteiger partial charge >= 0.3 is 0 Å². The Hall–Kier alpha value is -3.01. The van der Waals surface area contributed by atoms with Gasteiger partial charge in [-0.15, -0.1) is 22.7 Å². The van der Waals surface area contributed by atoms with Gasteiger partial charge in [-0.25, -0.2) is 4.98 Å². The monoisotopic (exact) mass is 533 g/mol. The van der Waals surface area contributed by atoms with Crippen LogP contribution in [0, 0.1) is 19.8 Å². The van der Waals surface area contributed by atoms with Crippen LogP contribution in [0.4, 0.5) is 0 Å². The second-order valence-electron chi connectivity index (χ2n) is 12.1. The molecular weight excluding hydrogens is 499 g/mol. The average Bonchev–Trinajstić information content (AvgIpc) is 3.40. The fourth-order valence-electron chi connectivity index (χ4n) is 5.75. The highest BCUT2D eigenvalue weighted by molar-refractivity contribution is 7.19. The van der Waals surface area contributed by atoms with E-state index >= 15 is 0 Å². The van der Waals surface area contributed by atoms with E-state index in [-0.39, 0.29) is 5.41 Å². The quantitative estimate of drug-likeness (QED) is 0.220. The number of thiophene rings is 2. The molecule has 0 fully saturated rings. The summed E-state index contributed by atoms with van der Waals surface area (Å²) in [6.45, 7) is 16.0. The van der Waals surface area contributed by atoms with E-state index in [1.165, 1.54) is 64.5 Å². The highest BCUT2D eigenvalue weighted by atomic mass is 32.1. The molecule has 0 saturated carbocycles. The predicted molar refractivity (Wildman–Crippen MR) is 170 cm³/mol. The van der Waals surface area contributed by atoms with Crippen LogP contribution in [-0.4, -0.2) is 4.98 Å². The van der Waals surface area contributed by atoms with Crippen molar-refractivity contribution in [3.8, 4) is 22.4 Å². The topological polar surface area (TPSA) is 12.9 Å². The Morgan fingerprint density at radius 1 is 0.868 bits per heavy atom. The van der Waals surface area contributed by atoms with Crippen LogP contribution in [0.1, 0.15) is 56.2 Å². The van der Waals surface area contributed by atoms with E-state index in [4.69, 9.17) is 4.98 Å². The molecule has 6 aromatic rings. The number of hydrogen-bond donors (Lipinski definition) is 0. The number of hydrogen-bond acceptors (Lipinski definition) is 3. The molecule has 38 heavy (non-hydrogen) atoms. The summed E-state index contributed by atoms with van der Waals surface area (Å²) in [6.07, 6.45) is 1.12. The van der Waals surface area contributed by atoms with E-state index in [0.29, 0.717) is 5.92 Å². The zero-order valence-electron chi connectivity index (χ0n) is 23.4. The standard InChI is InChI=1S/C35H35NS2/c1-20(2)14-27-22(4)38-32-13-12-24(16-29(27)32)28-18-31(36-34-33(28)21(3)19-37-34)25-15-23-10-8-9-11-26(23)30(17-25)35(5,6)7/h8-13,15-20H,14H2,1-7H3. The SMILES string of the molecule is Cc1sc2ccc(-c3cc(-c4cc(C(C)(C)C)c5ccccc5c4)nc4scc(C)c34)cc2c1CC(C)C. The van der Waals surface area contributed by atoms with Gasteiger partial charge < -0.3 is 0 Å². The van der Waals surface area contributed by atoms with Crippen LogP contribution in [0.5, 0.6) is 0 Å². The lowest BCUT2D eigenvalue weighted by Gasteiger charge is -2.23. The van der Waals surface area contributed by atoms with Crippen LogP contribution in [0.25, 0.3) is 53.5 Å². The number of nitrogens with zero attached hydrogens (tertiary/aromatic N) is 1. The van der Waals surface area contributed by atoms with Crippen LogP contribution in [0.15, 0.2) is 66.0 Å². The molecule has 3 aromatic heterocycles. The van der Waals surface area contributed by atoms with Crippen LogP contribution >= 0.6 is 22.7 Å². The van der Waals surface area contributed by atoms with Crippen molar-refractivity contribution >= 4 is 53.7 Å². The second kappa shape index (κ2) is 9.32. The maximum atomic E-state index is 5.23. The minimum Gasteiger partial charge on any atom is -0.237 e. The molecule has 0 N–H and O–H groups in total. The Kier molecular flexibility index (Phi) is 6.20. The highest BCUT2D eigenvalue weighted by Crippen LogP contribution is 2.41. The number of aryl methyl sites for hydroxylation is 2.